The Kier molecular flexibility index (Phi) is 16.2. The highest BCUT2D eigenvalue weighted by atomic mass is 35.5. The van der Waals surface area contributed by atoms with E-state index in [1.807, 2.05) is 0 Å². The van der Waals surface area contributed by atoms with Crippen LogP contribution >= 0.6 is 23.2 Å². The van der Waals surface area contributed by atoms with Gasteiger partial charge in [-0.05, 0) is 131 Å². The van der Waals surface area contributed by atoms with Gasteiger partial charge in [-0.2, -0.15) is 5.48 Å². The van der Waals surface area contributed by atoms with Gasteiger partial charge in [0.15, 0.2) is 0 Å². The normalized spacial score (nSPS) is 39.9. The van der Waals surface area contributed by atoms with E-state index in [0.29, 0.717) is 55.6 Å². The molecule has 6 aliphatic rings. The molecule has 0 radical (unpaired) electrons. The van der Waals surface area contributed by atoms with Crippen molar-refractivity contribution in [3.63, 3.8) is 0 Å². The van der Waals surface area contributed by atoms with Gasteiger partial charge in [-0.25, -0.2) is 4.89 Å². The number of carboxylic acids is 1. The van der Waals surface area contributed by atoms with Crippen molar-refractivity contribution >= 4 is 35.1 Å². The first-order valence-electron chi connectivity index (χ1n) is 21.7. The molecule has 0 aliphatic heterocycles. The summed E-state index contributed by atoms with van der Waals surface area (Å²) in [5.74, 6) is 2.47. The molecule has 10 heteroatoms. The second kappa shape index (κ2) is 20.5. The van der Waals surface area contributed by atoms with Crippen molar-refractivity contribution in [3.05, 3.63) is 0 Å². The monoisotopic (exact) mass is 768 g/mol. The Labute approximate surface area is 323 Å². The van der Waals surface area contributed by atoms with Crippen LogP contribution in [-0.4, -0.2) is 58.3 Å². The average molecular weight is 770 g/mol. The van der Waals surface area contributed by atoms with E-state index in [1.54, 1.807) is 0 Å². The second-order valence-corrected chi connectivity index (χ2v) is 19.7. The molecule has 298 valence electrons. The van der Waals surface area contributed by atoms with Crippen LogP contribution in [0.2, 0.25) is 0 Å². The van der Waals surface area contributed by atoms with Gasteiger partial charge in [0.1, 0.15) is 0 Å². The molecule has 6 saturated carbocycles. The number of carbonyl (C=O) groups is 2. The minimum absolute atomic E-state index is 0.0195. The highest BCUT2D eigenvalue weighted by molar-refractivity contribution is 6.21. The minimum atomic E-state index is -0.821. The van der Waals surface area contributed by atoms with Crippen LogP contribution in [0.25, 0.3) is 0 Å². The number of carbonyl (C=O) groups excluding carboxylic acids is 1. The Morgan fingerprint density at radius 2 is 1.15 bits per heavy atom. The summed E-state index contributed by atoms with van der Waals surface area (Å²) in [6.45, 7) is 1.00. The molecule has 1 amide bonds. The molecule has 0 aromatic heterocycles. The zero-order valence-corrected chi connectivity index (χ0v) is 33.3. The highest BCUT2D eigenvalue weighted by Crippen LogP contribution is 2.44. The van der Waals surface area contributed by atoms with Gasteiger partial charge in [-0.3, -0.25) is 14.8 Å². The average Bonchev–Trinajstić information content (AvgIpc) is 3.15. The first kappa shape index (κ1) is 41.0. The number of hydroxylamine groups is 1. The number of rotatable bonds is 14. The molecule has 4 N–H and O–H groups in total. The van der Waals surface area contributed by atoms with Gasteiger partial charge in [0, 0.05) is 12.1 Å². The van der Waals surface area contributed by atoms with Crippen LogP contribution in [0.4, 0.5) is 0 Å². The molecule has 0 spiro atoms. The lowest BCUT2D eigenvalue weighted by molar-refractivity contribution is -0.257. The summed E-state index contributed by atoms with van der Waals surface area (Å²) >= 11 is 14.0. The number of hydrogen-bond acceptors (Lipinski definition) is 6. The first-order valence-corrected chi connectivity index (χ1v) is 22.6. The Hall–Kier alpha value is -0.640. The number of halogens is 2. The van der Waals surface area contributed by atoms with Gasteiger partial charge in [-0.15, -0.1) is 23.2 Å². The number of amides is 1. The Morgan fingerprint density at radius 3 is 1.73 bits per heavy atom. The van der Waals surface area contributed by atoms with Crippen LogP contribution in [0.3, 0.4) is 0 Å². The van der Waals surface area contributed by atoms with Crippen LogP contribution in [-0.2, 0) is 19.3 Å². The van der Waals surface area contributed by atoms with Crippen molar-refractivity contribution in [2.75, 3.05) is 13.2 Å². The van der Waals surface area contributed by atoms with Gasteiger partial charge in [0.25, 0.3) is 0 Å². The summed E-state index contributed by atoms with van der Waals surface area (Å²) in [5, 5.41) is 22.5. The van der Waals surface area contributed by atoms with Crippen molar-refractivity contribution in [2.45, 2.75) is 177 Å². The lowest BCUT2D eigenvalue weighted by Gasteiger charge is -2.42. The fourth-order valence-corrected chi connectivity index (χ4v) is 12.8. The summed E-state index contributed by atoms with van der Waals surface area (Å²) in [4.78, 5) is 36.7. The van der Waals surface area contributed by atoms with Gasteiger partial charge >= 0.3 is 5.97 Å². The maximum atomic E-state index is 13.5. The van der Waals surface area contributed by atoms with Crippen LogP contribution in [0, 0.1) is 59.2 Å². The molecule has 12 unspecified atom stereocenters. The summed E-state index contributed by atoms with van der Waals surface area (Å²) in [6, 6.07) is -0.00382. The number of carboxylic acid groups (broad SMARTS) is 1. The zero-order valence-electron chi connectivity index (χ0n) is 31.8. The topological polar surface area (TPSA) is 117 Å². The van der Waals surface area contributed by atoms with Gasteiger partial charge < -0.3 is 15.3 Å². The van der Waals surface area contributed by atoms with Crippen LogP contribution in [0.15, 0.2) is 0 Å². The minimum Gasteiger partial charge on any atom is -0.481 e. The lowest BCUT2D eigenvalue weighted by atomic mass is 9.69. The molecule has 0 aromatic carbocycles. The van der Waals surface area contributed by atoms with E-state index >= 15 is 0 Å². The predicted molar refractivity (Wildman–Crippen MR) is 206 cm³/mol. The van der Waals surface area contributed by atoms with E-state index in [1.165, 1.54) is 77.0 Å². The van der Waals surface area contributed by atoms with Gasteiger partial charge in [0.2, 0.25) is 5.91 Å². The first-order chi connectivity index (χ1) is 25.3. The van der Waals surface area contributed by atoms with E-state index in [4.69, 9.17) is 28.0 Å². The molecule has 6 fully saturated rings. The van der Waals surface area contributed by atoms with Crippen LogP contribution in [0.1, 0.15) is 154 Å². The van der Waals surface area contributed by atoms with Crippen molar-refractivity contribution in [2.24, 2.45) is 59.2 Å². The smallest absolute Gasteiger partial charge is 0.307 e. The third-order valence-corrected chi connectivity index (χ3v) is 16.0. The fourth-order valence-electron chi connectivity index (χ4n) is 12.0. The molecule has 0 heterocycles. The quantitative estimate of drug-likeness (QED) is 0.0790. The summed E-state index contributed by atoms with van der Waals surface area (Å²) in [6.07, 6.45) is 27.3. The third-order valence-electron chi connectivity index (χ3n) is 15.1. The largest absolute Gasteiger partial charge is 0.481 e. The highest BCUT2D eigenvalue weighted by Gasteiger charge is 2.43. The van der Waals surface area contributed by atoms with E-state index in [0.717, 1.165) is 82.0 Å². The molecular formula is C42H70Cl2N2O6. The fraction of sp³-hybridized carbons (Fsp3) is 0.952. The lowest BCUT2D eigenvalue weighted by Crippen LogP contribution is -2.50. The summed E-state index contributed by atoms with van der Waals surface area (Å²) < 4.78 is 0. The number of aliphatic carboxylic acids is 1. The standard InChI is InChI=1S/C42H70Cl2N2O6/c43-37-23-31(14-17-39(37)45-41(47)35-16-12-30(22-36(35)42(48)49)20-28-9-5-2-6-10-28)32-15-18-40(38(44)24-32)46-51-25-33-13-11-29(21-34(33)26-52-50)19-27-7-3-1-4-8-27/h27-40,46,50H,1-26H2,(H,45,47)(H,48,49). The number of hydrogen-bond donors (Lipinski definition) is 4. The molecule has 0 saturated heterocycles. The van der Waals surface area contributed by atoms with Crippen molar-refractivity contribution in [3.8, 4) is 0 Å². The van der Waals surface area contributed by atoms with Crippen LogP contribution in [0.5, 0.6) is 0 Å². The second-order valence-electron chi connectivity index (χ2n) is 18.5. The van der Waals surface area contributed by atoms with Crippen molar-refractivity contribution < 1.29 is 29.7 Å². The Bertz CT molecular complexity index is 1100. The molecular weight excluding hydrogens is 699 g/mol. The Morgan fingerprint density at radius 1 is 0.577 bits per heavy atom. The maximum Gasteiger partial charge on any atom is 0.307 e. The maximum absolute atomic E-state index is 13.5. The number of nitrogens with one attached hydrogen (secondary N) is 2. The molecule has 0 aromatic rings. The van der Waals surface area contributed by atoms with Crippen molar-refractivity contribution in [1.29, 1.82) is 0 Å². The van der Waals surface area contributed by atoms with Crippen LogP contribution < -0.4 is 10.8 Å². The SMILES string of the molecule is O=C(O)C1CC(CC2CCCCC2)CCC1C(=O)NC1CCC(C2CCC(NOCC3CCC(CC4CCCCC4)CC3COO)C(Cl)C2)CC1Cl. The van der Waals surface area contributed by atoms with Crippen molar-refractivity contribution in [1.82, 2.24) is 10.8 Å². The van der Waals surface area contributed by atoms with E-state index < -0.39 is 17.8 Å². The third kappa shape index (κ3) is 11.5. The molecule has 6 rings (SSSR count). The molecule has 52 heavy (non-hydrogen) atoms. The van der Waals surface area contributed by atoms with E-state index in [-0.39, 0.29) is 28.7 Å². The molecule has 6 aliphatic carbocycles. The molecule has 8 nitrogen and oxygen atoms in total. The molecule has 12 atom stereocenters. The summed E-state index contributed by atoms with van der Waals surface area (Å²) in [5.41, 5.74) is 3.33. The van der Waals surface area contributed by atoms with Gasteiger partial charge in [0.05, 0.1) is 35.8 Å². The predicted octanol–water partition coefficient (Wildman–Crippen LogP) is 9.76. The Balaban J connectivity index is 0.891. The zero-order chi connectivity index (χ0) is 36.5. The van der Waals surface area contributed by atoms with E-state index in [9.17, 15) is 20.0 Å². The summed E-state index contributed by atoms with van der Waals surface area (Å²) in [7, 11) is 0. The molecule has 0 bridgehead atoms. The van der Waals surface area contributed by atoms with Gasteiger partial charge in [-0.1, -0.05) is 70.6 Å². The number of alkyl halides is 2. The van der Waals surface area contributed by atoms with E-state index in [2.05, 4.69) is 15.7 Å².